The Morgan fingerprint density at radius 3 is 1.96 bits per heavy atom. The predicted molar refractivity (Wildman–Crippen MR) is 97.4 cm³/mol. The number of esters is 2. The van der Waals surface area contributed by atoms with Gasteiger partial charge >= 0.3 is 18.0 Å². The number of carbonyl (C=O) groups is 3. The summed E-state index contributed by atoms with van der Waals surface area (Å²) in [5, 5.41) is 11.6. The Morgan fingerprint density at radius 1 is 0.963 bits per heavy atom. The average molecular weight is 381 g/mol. The number of nitrogens with one attached hydrogen (secondary N) is 1. The first-order valence-corrected chi connectivity index (χ1v) is 8.47. The first kappa shape index (κ1) is 22.3. The Labute approximate surface area is 158 Å². The number of amides is 1. The van der Waals surface area contributed by atoms with Gasteiger partial charge in [0.05, 0.1) is 6.42 Å². The van der Waals surface area contributed by atoms with Crippen molar-refractivity contribution in [2.45, 2.75) is 65.2 Å². The van der Waals surface area contributed by atoms with Crippen molar-refractivity contribution in [3.8, 4) is 11.5 Å². The Balaban J connectivity index is 2.82. The molecule has 8 nitrogen and oxygen atoms in total. The smallest absolute Gasteiger partial charge is 0.413 e. The largest absolute Gasteiger partial charge is 0.508 e. The average Bonchev–Trinajstić information content (AvgIpc) is 2.45. The van der Waals surface area contributed by atoms with Gasteiger partial charge in [0.2, 0.25) is 0 Å². The summed E-state index contributed by atoms with van der Waals surface area (Å²) in [6.45, 7) is 10.1. The number of phenols is 1. The highest BCUT2D eigenvalue weighted by Crippen LogP contribution is 2.17. The van der Waals surface area contributed by atoms with Crippen LogP contribution in [0, 0.1) is 0 Å². The minimum absolute atomic E-state index is 0.0133. The monoisotopic (exact) mass is 381 g/mol. The fourth-order valence-corrected chi connectivity index (χ4v) is 1.91. The van der Waals surface area contributed by atoms with Crippen LogP contribution in [-0.4, -0.2) is 40.4 Å². The number of hydrogen-bond acceptors (Lipinski definition) is 7. The quantitative estimate of drug-likeness (QED) is 0.754. The molecule has 1 rings (SSSR count). The van der Waals surface area contributed by atoms with Gasteiger partial charge in [0, 0.05) is 0 Å². The Bertz CT molecular complexity index is 669. The lowest BCUT2D eigenvalue weighted by atomic mass is 10.1. The van der Waals surface area contributed by atoms with Crippen LogP contribution < -0.4 is 10.1 Å². The first-order chi connectivity index (χ1) is 12.2. The maximum atomic E-state index is 12.4. The summed E-state index contributed by atoms with van der Waals surface area (Å²) in [4.78, 5) is 36.5. The lowest BCUT2D eigenvalue weighted by molar-refractivity contribution is -0.164. The minimum atomic E-state index is -1.27. The SMILES string of the molecule is CC(C)(C)OC(=O)C[C@H](NC(=O)Oc1ccc(O)cc1)C(=O)OC(C)(C)C. The van der Waals surface area contributed by atoms with Crippen LogP contribution in [0.1, 0.15) is 48.0 Å². The highest BCUT2D eigenvalue weighted by Gasteiger charge is 2.31. The van der Waals surface area contributed by atoms with Crippen molar-refractivity contribution >= 4 is 18.0 Å². The fraction of sp³-hybridized carbons (Fsp3) is 0.526. The van der Waals surface area contributed by atoms with E-state index in [-0.39, 0.29) is 11.5 Å². The van der Waals surface area contributed by atoms with Gasteiger partial charge in [0.1, 0.15) is 28.7 Å². The van der Waals surface area contributed by atoms with Crippen LogP contribution in [0.2, 0.25) is 0 Å². The molecule has 150 valence electrons. The molecule has 0 heterocycles. The number of rotatable bonds is 5. The lowest BCUT2D eigenvalue weighted by Gasteiger charge is -2.25. The van der Waals surface area contributed by atoms with Gasteiger partial charge in [0.25, 0.3) is 0 Å². The van der Waals surface area contributed by atoms with Crippen LogP contribution >= 0.6 is 0 Å². The predicted octanol–water partition coefficient (Wildman–Crippen LogP) is 2.92. The molecule has 1 aromatic carbocycles. The summed E-state index contributed by atoms with van der Waals surface area (Å²) in [6, 6.07) is 4.17. The van der Waals surface area contributed by atoms with E-state index >= 15 is 0 Å². The van der Waals surface area contributed by atoms with E-state index in [4.69, 9.17) is 14.2 Å². The third-order valence-electron chi connectivity index (χ3n) is 2.82. The molecule has 0 aliphatic carbocycles. The van der Waals surface area contributed by atoms with Gasteiger partial charge < -0.3 is 24.6 Å². The summed E-state index contributed by atoms with van der Waals surface area (Å²) in [6.07, 6.45) is -1.35. The lowest BCUT2D eigenvalue weighted by Crippen LogP contribution is -2.47. The second-order valence-electron chi connectivity index (χ2n) is 7.90. The summed E-state index contributed by atoms with van der Waals surface area (Å²) < 4.78 is 15.5. The molecule has 1 amide bonds. The van der Waals surface area contributed by atoms with Crippen molar-refractivity contribution in [1.29, 1.82) is 0 Å². The van der Waals surface area contributed by atoms with E-state index in [1.165, 1.54) is 24.3 Å². The van der Waals surface area contributed by atoms with E-state index in [0.29, 0.717) is 0 Å². The number of hydrogen-bond donors (Lipinski definition) is 2. The molecule has 0 unspecified atom stereocenters. The van der Waals surface area contributed by atoms with Crippen LogP contribution in [0.3, 0.4) is 0 Å². The number of ether oxygens (including phenoxy) is 3. The summed E-state index contributed by atoms with van der Waals surface area (Å²) in [5.41, 5.74) is -1.53. The molecule has 8 heteroatoms. The standard InChI is InChI=1S/C19H27NO7/c1-18(2,3)26-15(22)11-14(16(23)27-19(4,5)6)20-17(24)25-13-9-7-12(21)8-10-13/h7-10,14,21H,11H2,1-6H3,(H,20,24)/t14-/m0/s1. The zero-order chi connectivity index (χ0) is 20.8. The van der Waals surface area contributed by atoms with Crippen LogP contribution in [0.15, 0.2) is 24.3 Å². The zero-order valence-electron chi connectivity index (χ0n) is 16.5. The Kier molecular flexibility index (Phi) is 7.21. The van der Waals surface area contributed by atoms with Crippen LogP contribution in [0.5, 0.6) is 11.5 Å². The number of phenolic OH excluding ortho intramolecular Hbond substituents is 1. The van der Waals surface area contributed by atoms with Crippen molar-refractivity contribution in [2.75, 3.05) is 0 Å². The molecule has 1 aromatic rings. The van der Waals surface area contributed by atoms with Crippen molar-refractivity contribution < 1.29 is 33.7 Å². The number of aromatic hydroxyl groups is 1. The topological polar surface area (TPSA) is 111 Å². The molecule has 0 spiro atoms. The molecule has 0 saturated carbocycles. The van der Waals surface area contributed by atoms with E-state index in [2.05, 4.69) is 5.32 Å². The molecule has 0 saturated heterocycles. The van der Waals surface area contributed by atoms with Crippen LogP contribution in [0.25, 0.3) is 0 Å². The van der Waals surface area contributed by atoms with Crippen molar-refractivity contribution in [3.63, 3.8) is 0 Å². The number of benzene rings is 1. The van der Waals surface area contributed by atoms with E-state index in [0.717, 1.165) is 0 Å². The Morgan fingerprint density at radius 2 is 1.48 bits per heavy atom. The molecule has 27 heavy (non-hydrogen) atoms. The molecule has 2 N–H and O–H groups in total. The van der Waals surface area contributed by atoms with Gasteiger partial charge in [-0.25, -0.2) is 9.59 Å². The zero-order valence-corrected chi connectivity index (χ0v) is 16.5. The second kappa shape index (κ2) is 8.75. The van der Waals surface area contributed by atoms with Gasteiger partial charge in [-0.15, -0.1) is 0 Å². The third kappa shape index (κ3) is 9.48. The third-order valence-corrected chi connectivity index (χ3v) is 2.82. The van der Waals surface area contributed by atoms with Crippen molar-refractivity contribution in [2.24, 2.45) is 0 Å². The minimum Gasteiger partial charge on any atom is -0.508 e. The maximum Gasteiger partial charge on any atom is 0.413 e. The van der Waals surface area contributed by atoms with Gasteiger partial charge in [-0.2, -0.15) is 0 Å². The van der Waals surface area contributed by atoms with E-state index in [1.807, 2.05) is 0 Å². The van der Waals surface area contributed by atoms with Gasteiger partial charge in [-0.1, -0.05) is 0 Å². The highest BCUT2D eigenvalue weighted by atomic mass is 16.6. The molecule has 0 bridgehead atoms. The first-order valence-electron chi connectivity index (χ1n) is 8.47. The fourth-order valence-electron chi connectivity index (χ4n) is 1.91. The molecule has 0 aliphatic rings. The molecular formula is C19H27NO7. The molecule has 0 aromatic heterocycles. The normalized spacial score (nSPS) is 12.7. The van der Waals surface area contributed by atoms with Gasteiger partial charge in [-0.3, -0.25) is 4.79 Å². The van der Waals surface area contributed by atoms with Gasteiger partial charge in [0.15, 0.2) is 0 Å². The van der Waals surface area contributed by atoms with Crippen molar-refractivity contribution in [1.82, 2.24) is 5.32 Å². The second-order valence-corrected chi connectivity index (χ2v) is 7.90. The van der Waals surface area contributed by atoms with E-state index in [1.54, 1.807) is 41.5 Å². The Hall–Kier alpha value is -2.77. The maximum absolute atomic E-state index is 12.4. The molecule has 1 atom stereocenters. The summed E-state index contributed by atoms with van der Waals surface area (Å²) in [7, 11) is 0. The van der Waals surface area contributed by atoms with Gasteiger partial charge in [-0.05, 0) is 65.8 Å². The van der Waals surface area contributed by atoms with Crippen LogP contribution in [-0.2, 0) is 19.1 Å². The summed E-state index contributed by atoms with van der Waals surface area (Å²) >= 11 is 0. The molecule has 0 fully saturated rings. The van der Waals surface area contributed by atoms with E-state index in [9.17, 15) is 19.5 Å². The number of carbonyl (C=O) groups excluding carboxylic acids is 3. The summed E-state index contributed by atoms with van der Waals surface area (Å²) in [5.74, 6) is -1.27. The molecule has 0 radical (unpaired) electrons. The highest BCUT2D eigenvalue weighted by molar-refractivity contribution is 5.87. The van der Waals surface area contributed by atoms with Crippen molar-refractivity contribution in [3.05, 3.63) is 24.3 Å². The van der Waals surface area contributed by atoms with E-state index < -0.39 is 41.7 Å². The molecular weight excluding hydrogens is 354 g/mol. The molecule has 0 aliphatic heterocycles. The van der Waals surface area contributed by atoms with Crippen LogP contribution in [0.4, 0.5) is 4.79 Å².